The molecule has 1 unspecified atom stereocenters. The monoisotopic (exact) mass is 238 g/mol. The van der Waals surface area contributed by atoms with E-state index in [0.29, 0.717) is 6.04 Å². The summed E-state index contributed by atoms with van der Waals surface area (Å²) < 4.78 is 5.57. The van der Waals surface area contributed by atoms with Crippen molar-refractivity contribution in [1.82, 2.24) is 10.3 Å². The van der Waals surface area contributed by atoms with E-state index >= 15 is 0 Å². The molecular formula is C14H26N2O. The molecule has 0 saturated carbocycles. The molecular weight excluding hydrogens is 212 g/mol. The van der Waals surface area contributed by atoms with Crippen LogP contribution in [0, 0.1) is 13.8 Å². The highest BCUT2D eigenvalue weighted by atomic mass is 16.4. The summed E-state index contributed by atoms with van der Waals surface area (Å²) in [7, 11) is 0. The summed E-state index contributed by atoms with van der Waals surface area (Å²) in [5.74, 6) is 1.75. The lowest BCUT2D eigenvalue weighted by Crippen LogP contribution is -2.28. The van der Waals surface area contributed by atoms with Crippen molar-refractivity contribution in [3.8, 4) is 0 Å². The van der Waals surface area contributed by atoms with Gasteiger partial charge in [0.15, 0.2) is 0 Å². The highest BCUT2D eigenvalue weighted by Gasteiger charge is 2.09. The second-order valence-electron chi connectivity index (χ2n) is 4.76. The van der Waals surface area contributed by atoms with Gasteiger partial charge in [-0.3, -0.25) is 0 Å². The lowest BCUT2D eigenvalue weighted by atomic mass is 10.1. The minimum absolute atomic E-state index is 0.604. The normalized spacial score (nSPS) is 12.9. The van der Waals surface area contributed by atoms with Gasteiger partial charge in [-0.1, -0.05) is 33.1 Å². The number of rotatable bonds is 8. The van der Waals surface area contributed by atoms with Crippen molar-refractivity contribution in [3.05, 3.63) is 17.3 Å². The van der Waals surface area contributed by atoms with E-state index in [1.54, 1.807) is 0 Å². The molecule has 3 nitrogen and oxygen atoms in total. The summed E-state index contributed by atoms with van der Waals surface area (Å²) in [4.78, 5) is 4.39. The second-order valence-corrected chi connectivity index (χ2v) is 4.76. The molecule has 1 N–H and O–H groups in total. The fourth-order valence-corrected chi connectivity index (χ4v) is 1.99. The van der Waals surface area contributed by atoms with Gasteiger partial charge in [-0.15, -0.1) is 0 Å². The molecule has 3 heteroatoms. The van der Waals surface area contributed by atoms with E-state index < -0.39 is 0 Å². The quantitative estimate of drug-likeness (QED) is 0.749. The third-order valence-electron chi connectivity index (χ3n) is 3.16. The van der Waals surface area contributed by atoms with Crippen LogP contribution in [0.1, 0.15) is 63.3 Å². The third-order valence-corrected chi connectivity index (χ3v) is 3.16. The highest BCUT2D eigenvalue weighted by molar-refractivity contribution is 5.05. The zero-order chi connectivity index (χ0) is 12.7. The minimum Gasteiger partial charge on any atom is -0.444 e. The lowest BCUT2D eigenvalue weighted by molar-refractivity contribution is 0.389. The smallest absolute Gasteiger partial charge is 0.208 e. The maximum atomic E-state index is 5.57. The molecule has 0 saturated heterocycles. The van der Waals surface area contributed by atoms with Gasteiger partial charge in [0.05, 0.1) is 12.2 Å². The Hall–Kier alpha value is -0.830. The van der Waals surface area contributed by atoms with Gasteiger partial charge in [-0.05, 0) is 26.7 Å². The van der Waals surface area contributed by atoms with Crippen molar-refractivity contribution >= 4 is 0 Å². The Morgan fingerprint density at radius 3 is 2.47 bits per heavy atom. The van der Waals surface area contributed by atoms with Crippen LogP contribution in [-0.2, 0) is 6.54 Å². The average Bonchev–Trinajstić information content (AvgIpc) is 2.62. The molecule has 98 valence electrons. The first kappa shape index (κ1) is 14.2. The fraction of sp³-hybridized carbons (Fsp3) is 0.786. The van der Waals surface area contributed by atoms with Gasteiger partial charge in [-0.2, -0.15) is 0 Å². The average molecular weight is 238 g/mol. The first-order chi connectivity index (χ1) is 8.17. The predicted octanol–water partition coefficient (Wildman–Crippen LogP) is 3.74. The largest absolute Gasteiger partial charge is 0.444 e. The maximum Gasteiger partial charge on any atom is 0.208 e. The topological polar surface area (TPSA) is 38.1 Å². The molecule has 0 bridgehead atoms. The Morgan fingerprint density at radius 1 is 1.18 bits per heavy atom. The molecule has 0 aliphatic carbocycles. The number of hydrogen-bond acceptors (Lipinski definition) is 3. The molecule has 0 spiro atoms. The highest BCUT2D eigenvalue weighted by Crippen LogP contribution is 2.11. The van der Waals surface area contributed by atoms with Gasteiger partial charge in [-0.25, -0.2) is 4.98 Å². The molecule has 1 rings (SSSR count). The van der Waals surface area contributed by atoms with E-state index in [2.05, 4.69) is 24.1 Å². The van der Waals surface area contributed by atoms with Gasteiger partial charge in [0.2, 0.25) is 5.89 Å². The number of aryl methyl sites for hydroxylation is 2. The van der Waals surface area contributed by atoms with E-state index in [9.17, 15) is 0 Å². The van der Waals surface area contributed by atoms with Crippen molar-refractivity contribution in [3.63, 3.8) is 0 Å². The summed E-state index contributed by atoms with van der Waals surface area (Å²) >= 11 is 0. The number of oxazole rings is 1. The first-order valence-corrected chi connectivity index (χ1v) is 6.83. The summed E-state index contributed by atoms with van der Waals surface area (Å²) in [6, 6.07) is 0.604. The maximum absolute atomic E-state index is 5.57. The summed E-state index contributed by atoms with van der Waals surface area (Å²) in [6.07, 6.45) is 6.27. The molecule has 0 aliphatic rings. The summed E-state index contributed by atoms with van der Waals surface area (Å²) in [5, 5.41) is 3.56. The van der Waals surface area contributed by atoms with Crippen LogP contribution in [-0.4, -0.2) is 11.0 Å². The number of hydrogen-bond donors (Lipinski definition) is 1. The van der Waals surface area contributed by atoms with Crippen molar-refractivity contribution < 1.29 is 4.42 Å². The molecule has 0 fully saturated rings. The SMILES string of the molecule is CCCCC(CCC)NCc1nc(C)c(C)o1. The van der Waals surface area contributed by atoms with Crippen LogP contribution in [0.3, 0.4) is 0 Å². The van der Waals surface area contributed by atoms with Crippen LogP contribution in [0.15, 0.2) is 4.42 Å². The van der Waals surface area contributed by atoms with Crippen molar-refractivity contribution in [1.29, 1.82) is 0 Å². The molecule has 0 aliphatic heterocycles. The molecule has 0 amide bonds. The molecule has 1 aromatic heterocycles. The van der Waals surface area contributed by atoms with E-state index in [1.807, 2.05) is 13.8 Å². The van der Waals surface area contributed by atoms with Gasteiger partial charge in [0.1, 0.15) is 5.76 Å². The molecule has 0 aromatic carbocycles. The van der Waals surface area contributed by atoms with Crippen LogP contribution in [0.2, 0.25) is 0 Å². The van der Waals surface area contributed by atoms with Gasteiger partial charge in [0, 0.05) is 6.04 Å². The standard InChI is InChI=1S/C14H26N2O/c1-5-7-9-13(8-6-2)15-10-14-16-11(3)12(4)17-14/h13,15H,5-10H2,1-4H3. The van der Waals surface area contributed by atoms with E-state index in [1.165, 1.54) is 32.1 Å². The van der Waals surface area contributed by atoms with Crippen LogP contribution in [0.5, 0.6) is 0 Å². The van der Waals surface area contributed by atoms with Gasteiger partial charge in [0.25, 0.3) is 0 Å². The van der Waals surface area contributed by atoms with Crippen molar-refractivity contribution in [2.75, 3.05) is 0 Å². The van der Waals surface area contributed by atoms with Crippen LogP contribution in [0.4, 0.5) is 0 Å². The Kier molecular flexibility index (Phi) is 6.27. The molecule has 1 heterocycles. The van der Waals surface area contributed by atoms with Crippen molar-refractivity contribution in [2.45, 2.75) is 72.4 Å². The Labute approximate surface area is 105 Å². The van der Waals surface area contributed by atoms with Crippen molar-refractivity contribution in [2.24, 2.45) is 0 Å². The van der Waals surface area contributed by atoms with E-state index in [-0.39, 0.29) is 0 Å². The second kappa shape index (κ2) is 7.49. The minimum atomic E-state index is 0.604. The third kappa shape index (κ3) is 4.90. The number of nitrogens with one attached hydrogen (secondary N) is 1. The molecule has 1 aromatic rings. The summed E-state index contributed by atoms with van der Waals surface area (Å²) in [6.45, 7) is 9.18. The fourth-order valence-electron chi connectivity index (χ4n) is 1.99. The zero-order valence-electron chi connectivity index (χ0n) is 11.7. The zero-order valence-corrected chi connectivity index (χ0v) is 11.7. The lowest BCUT2D eigenvalue weighted by Gasteiger charge is -2.16. The van der Waals surface area contributed by atoms with Crippen LogP contribution >= 0.6 is 0 Å². The van der Waals surface area contributed by atoms with Gasteiger partial charge >= 0.3 is 0 Å². The summed E-state index contributed by atoms with van der Waals surface area (Å²) in [5.41, 5.74) is 1.00. The Bertz CT molecular complexity index is 301. The van der Waals surface area contributed by atoms with E-state index in [0.717, 1.165) is 23.9 Å². The number of unbranched alkanes of at least 4 members (excludes halogenated alkanes) is 1. The molecule has 0 radical (unpaired) electrons. The van der Waals surface area contributed by atoms with Crippen LogP contribution in [0.25, 0.3) is 0 Å². The van der Waals surface area contributed by atoms with E-state index in [4.69, 9.17) is 4.42 Å². The molecule has 17 heavy (non-hydrogen) atoms. The first-order valence-electron chi connectivity index (χ1n) is 6.83. The number of nitrogens with zero attached hydrogens (tertiary/aromatic N) is 1. The Balaban J connectivity index is 2.39. The molecule has 1 atom stereocenters. The van der Waals surface area contributed by atoms with Crippen LogP contribution < -0.4 is 5.32 Å². The predicted molar refractivity (Wildman–Crippen MR) is 71.0 cm³/mol. The Morgan fingerprint density at radius 2 is 1.94 bits per heavy atom. The van der Waals surface area contributed by atoms with Gasteiger partial charge < -0.3 is 9.73 Å². The number of aromatic nitrogens is 1.